The van der Waals surface area contributed by atoms with Crippen molar-refractivity contribution in [1.29, 1.82) is 0 Å². The normalized spacial score (nSPS) is 11.0. The molecule has 0 radical (unpaired) electrons. The van der Waals surface area contributed by atoms with Crippen molar-refractivity contribution in [3.63, 3.8) is 0 Å². The summed E-state index contributed by atoms with van der Waals surface area (Å²) < 4.78 is 6.35. The van der Waals surface area contributed by atoms with Crippen LogP contribution in [0.25, 0.3) is 26.9 Å². The minimum absolute atomic E-state index is 0.163. The first-order valence-corrected chi connectivity index (χ1v) is 9.62. The molecule has 0 bridgehead atoms. The van der Waals surface area contributed by atoms with Gasteiger partial charge in [-0.1, -0.05) is 30.3 Å². The zero-order chi connectivity index (χ0) is 19.3. The average Bonchev–Trinajstić information content (AvgIpc) is 3.17. The highest BCUT2D eigenvalue weighted by Gasteiger charge is 2.08. The monoisotopic (exact) mass is 386 g/mol. The van der Waals surface area contributed by atoms with Gasteiger partial charge in [0.05, 0.1) is 17.3 Å². The van der Waals surface area contributed by atoms with Crippen molar-refractivity contribution >= 4 is 39.2 Å². The third-order valence-electron chi connectivity index (χ3n) is 4.22. The Morgan fingerprint density at radius 2 is 1.82 bits per heavy atom. The Labute approximate surface area is 167 Å². The van der Waals surface area contributed by atoms with Gasteiger partial charge < -0.3 is 10.1 Å². The minimum Gasteiger partial charge on any atom is -0.497 e. The number of hydrogen-bond donors (Lipinski definition) is 1. The largest absolute Gasteiger partial charge is 0.497 e. The Morgan fingerprint density at radius 1 is 1.04 bits per heavy atom. The quantitative estimate of drug-likeness (QED) is 0.453. The van der Waals surface area contributed by atoms with Crippen LogP contribution in [0, 0.1) is 0 Å². The van der Waals surface area contributed by atoms with Gasteiger partial charge in [-0.2, -0.15) is 0 Å². The maximum Gasteiger partial charge on any atom is 0.248 e. The number of nitrogens with zero attached hydrogens (tertiary/aromatic N) is 1. The molecule has 1 aromatic heterocycles. The number of ether oxygens (including phenoxy) is 1. The second kappa shape index (κ2) is 8.06. The number of benzene rings is 3. The van der Waals surface area contributed by atoms with E-state index in [2.05, 4.69) is 10.3 Å². The highest BCUT2D eigenvalue weighted by atomic mass is 32.1. The molecule has 3 aromatic carbocycles. The van der Waals surface area contributed by atoms with Crippen LogP contribution in [-0.4, -0.2) is 18.0 Å². The Morgan fingerprint density at radius 3 is 2.57 bits per heavy atom. The van der Waals surface area contributed by atoms with Crippen molar-refractivity contribution in [1.82, 2.24) is 4.98 Å². The number of carbonyl (C=O) groups excluding carboxylic acids is 1. The van der Waals surface area contributed by atoms with Crippen molar-refractivity contribution < 1.29 is 9.53 Å². The van der Waals surface area contributed by atoms with Crippen LogP contribution >= 0.6 is 11.3 Å². The zero-order valence-electron chi connectivity index (χ0n) is 15.3. The lowest BCUT2D eigenvalue weighted by Crippen LogP contribution is -2.07. The number of nitrogens with one attached hydrogen (secondary N) is 1. The van der Waals surface area contributed by atoms with Crippen LogP contribution in [0.2, 0.25) is 0 Å². The van der Waals surface area contributed by atoms with E-state index in [0.29, 0.717) is 0 Å². The smallest absolute Gasteiger partial charge is 0.248 e. The molecule has 5 heteroatoms. The maximum absolute atomic E-state index is 12.1. The molecule has 1 amide bonds. The number of fused-ring (bicyclic) bond motifs is 1. The summed E-state index contributed by atoms with van der Waals surface area (Å²) in [6.07, 6.45) is 3.32. The van der Waals surface area contributed by atoms with Crippen LogP contribution in [0.5, 0.6) is 5.75 Å². The highest BCUT2D eigenvalue weighted by molar-refractivity contribution is 7.21. The Bertz CT molecular complexity index is 1130. The third-order valence-corrected chi connectivity index (χ3v) is 5.29. The van der Waals surface area contributed by atoms with Crippen LogP contribution in [0.4, 0.5) is 5.69 Å². The van der Waals surface area contributed by atoms with Crippen LogP contribution in [0.3, 0.4) is 0 Å². The first-order chi connectivity index (χ1) is 13.7. The van der Waals surface area contributed by atoms with Gasteiger partial charge in [0.1, 0.15) is 10.8 Å². The summed E-state index contributed by atoms with van der Waals surface area (Å²) in [6.45, 7) is 0. The number of hydrogen-bond acceptors (Lipinski definition) is 4. The minimum atomic E-state index is -0.163. The van der Waals surface area contributed by atoms with E-state index in [4.69, 9.17) is 4.74 Å². The van der Waals surface area contributed by atoms with E-state index in [1.807, 2.05) is 72.8 Å². The van der Waals surface area contributed by atoms with Gasteiger partial charge in [0.2, 0.25) is 5.91 Å². The van der Waals surface area contributed by atoms with E-state index >= 15 is 0 Å². The SMILES string of the molecule is COc1ccc2nc(-c3ccc(NC(=O)/C=C/c4ccccc4)cc3)sc2c1. The van der Waals surface area contributed by atoms with Crippen molar-refractivity contribution in [2.24, 2.45) is 0 Å². The van der Waals surface area contributed by atoms with Gasteiger partial charge in [-0.05, 0) is 54.1 Å². The second-order valence-corrected chi connectivity index (χ2v) is 7.19. The molecule has 0 atom stereocenters. The summed E-state index contributed by atoms with van der Waals surface area (Å²) in [5.74, 6) is 0.660. The van der Waals surface area contributed by atoms with E-state index in [1.54, 1.807) is 24.5 Å². The lowest BCUT2D eigenvalue weighted by Gasteiger charge is -2.03. The fourth-order valence-electron chi connectivity index (χ4n) is 2.77. The van der Waals surface area contributed by atoms with E-state index in [1.165, 1.54) is 6.08 Å². The lowest BCUT2D eigenvalue weighted by atomic mass is 10.2. The predicted molar refractivity (Wildman–Crippen MR) is 116 cm³/mol. The van der Waals surface area contributed by atoms with E-state index in [-0.39, 0.29) is 5.91 Å². The lowest BCUT2D eigenvalue weighted by molar-refractivity contribution is -0.111. The van der Waals surface area contributed by atoms with Gasteiger partial charge in [-0.15, -0.1) is 11.3 Å². The molecule has 4 nitrogen and oxygen atoms in total. The molecule has 0 spiro atoms. The number of aromatic nitrogens is 1. The molecule has 4 aromatic rings. The summed E-state index contributed by atoms with van der Waals surface area (Å²) in [5, 5.41) is 3.81. The summed E-state index contributed by atoms with van der Waals surface area (Å²) >= 11 is 1.62. The topological polar surface area (TPSA) is 51.2 Å². The van der Waals surface area contributed by atoms with Gasteiger partial charge in [0, 0.05) is 17.3 Å². The summed E-state index contributed by atoms with van der Waals surface area (Å²) in [6, 6.07) is 23.3. The van der Waals surface area contributed by atoms with Gasteiger partial charge in [-0.3, -0.25) is 4.79 Å². The third kappa shape index (κ3) is 4.10. The van der Waals surface area contributed by atoms with Gasteiger partial charge in [0.15, 0.2) is 0 Å². The molecule has 0 fully saturated rings. The van der Waals surface area contributed by atoms with Crippen molar-refractivity contribution in [3.05, 3.63) is 84.4 Å². The number of thiazole rings is 1. The molecule has 138 valence electrons. The fourth-order valence-corrected chi connectivity index (χ4v) is 3.77. The molecule has 0 unspecified atom stereocenters. The first kappa shape index (κ1) is 17.9. The van der Waals surface area contributed by atoms with Crippen molar-refractivity contribution in [2.75, 3.05) is 12.4 Å². The number of anilines is 1. The molecule has 0 saturated heterocycles. The van der Waals surface area contributed by atoms with E-state index in [9.17, 15) is 4.79 Å². The predicted octanol–water partition coefficient (Wildman–Crippen LogP) is 5.62. The molecule has 1 heterocycles. The van der Waals surface area contributed by atoms with Crippen LogP contribution in [0.1, 0.15) is 5.56 Å². The molecule has 0 aliphatic heterocycles. The molecule has 28 heavy (non-hydrogen) atoms. The molecular weight excluding hydrogens is 368 g/mol. The van der Waals surface area contributed by atoms with E-state index < -0.39 is 0 Å². The second-order valence-electron chi connectivity index (χ2n) is 6.16. The Balaban J connectivity index is 1.46. The molecule has 0 saturated carbocycles. The molecule has 4 rings (SSSR count). The fraction of sp³-hybridized carbons (Fsp3) is 0.0435. The average molecular weight is 386 g/mol. The van der Waals surface area contributed by atoms with Gasteiger partial charge in [0.25, 0.3) is 0 Å². The number of methoxy groups -OCH3 is 1. The Hall–Kier alpha value is -3.44. The first-order valence-electron chi connectivity index (χ1n) is 8.80. The summed E-state index contributed by atoms with van der Waals surface area (Å²) in [5.41, 5.74) is 3.69. The number of rotatable bonds is 5. The summed E-state index contributed by atoms with van der Waals surface area (Å²) in [7, 11) is 1.66. The van der Waals surface area contributed by atoms with Crippen LogP contribution in [0.15, 0.2) is 78.9 Å². The molecule has 0 aliphatic rings. The summed E-state index contributed by atoms with van der Waals surface area (Å²) in [4.78, 5) is 16.8. The number of amides is 1. The number of carbonyl (C=O) groups is 1. The van der Waals surface area contributed by atoms with E-state index in [0.717, 1.165) is 37.8 Å². The standard InChI is InChI=1S/C23H18N2O2S/c1-27-19-12-13-20-21(15-19)28-23(25-20)17-8-10-18(11-9-17)24-22(26)14-7-16-5-3-2-4-6-16/h2-15H,1H3,(H,24,26)/b14-7+. The van der Waals surface area contributed by atoms with Gasteiger partial charge in [-0.25, -0.2) is 4.98 Å². The molecule has 1 N–H and O–H groups in total. The Kier molecular flexibility index (Phi) is 5.17. The van der Waals surface area contributed by atoms with Crippen LogP contribution in [-0.2, 0) is 4.79 Å². The molecule has 0 aliphatic carbocycles. The highest BCUT2D eigenvalue weighted by Crippen LogP contribution is 2.32. The maximum atomic E-state index is 12.1. The van der Waals surface area contributed by atoms with Crippen molar-refractivity contribution in [3.8, 4) is 16.3 Å². The zero-order valence-corrected chi connectivity index (χ0v) is 16.1. The van der Waals surface area contributed by atoms with Gasteiger partial charge >= 0.3 is 0 Å². The van der Waals surface area contributed by atoms with Crippen LogP contribution < -0.4 is 10.1 Å². The van der Waals surface area contributed by atoms with Crippen molar-refractivity contribution in [2.45, 2.75) is 0 Å². The molecular formula is C23H18N2O2S.